The Bertz CT molecular complexity index is 292. The van der Waals surface area contributed by atoms with Crippen molar-refractivity contribution in [2.24, 2.45) is 17.4 Å². The van der Waals surface area contributed by atoms with E-state index in [1.54, 1.807) is 0 Å². The topological polar surface area (TPSA) is 125 Å². The molecule has 0 unspecified atom stereocenters. The van der Waals surface area contributed by atoms with Gasteiger partial charge in [-0.3, -0.25) is 9.59 Å². The van der Waals surface area contributed by atoms with Crippen LogP contribution in [0.25, 0.3) is 0 Å². The molecule has 7 heteroatoms. The van der Waals surface area contributed by atoms with Gasteiger partial charge in [0.25, 0.3) is 5.91 Å². The second-order valence-electron chi connectivity index (χ2n) is 3.34. The maximum absolute atomic E-state index is 11.2. The fourth-order valence-electron chi connectivity index (χ4n) is 1.49. The summed E-state index contributed by atoms with van der Waals surface area (Å²) >= 11 is 0. The molecule has 1 aliphatic heterocycles. The van der Waals surface area contributed by atoms with E-state index in [1.165, 1.54) is 0 Å². The molecule has 0 aromatic carbocycles. The van der Waals surface area contributed by atoms with Gasteiger partial charge in [-0.1, -0.05) is 0 Å². The normalized spacial score (nSPS) is 21.9. The first kappa shape index (κ1) is 11.3. The Balaban J connectivity index is 2.54. The van der Waals surface area contributed by atoms with Gasteiger partial charge >= 0.3 is 6.09 Å². The average Bonchev–Trinajstić information content (AvgIpc) is 2.50. The number of ether oxygens (including phenoxy) is 1. The molecule has 0 radical (unpaired) electrons. The summed E-state index contributed by atoms with van der Waals surface area (Å²) in [6.45, 7) is 0.561. The molecule has 0 bridgehead atoms. The molecule has 1 rings (SSSR count). The number of primary amides is 2. The summed E-state index contributed by atoms with van der Waals surface area (Å²) in [5, 5.41) is 2.60. The van der Waals surface area contributed by atoms with Crippen molar-refractivity contribution >= 4 is 17.9 Å². The third-order valence-corrected chi connectivity index (χ3v) is 2.24. The van der Waals surface area contributed by atoms with Crippen LogP contribution >= 0.6 is 0 Å². The largest absolute Gasteiger partial charge is 0.436 e. The highest BCUT2D eigenvalue weighted by Crippen LogP contribution is 2.17. The number of carbonyl (C=O) groups is 3. The summed E-state index contributed by atoms with van der Waals surface area (Å²) in [5.41, 5.74) is 9.78. The van der Waals surface area contributed by atoms with Gasteiger partial charge in [0.05, 0.1) is 0 Å². The van der Waals surface area contributed by atoms with Crippen molar-refractivity contribution in [3.05, 3.63) is 0 Å². The van der Waals surface area contributed by atoms with Gasteiger partial charge in [-0.15, -0.1) is 0 Å². The molecule has 2 atom stereocenters. The highest BCUT2D eigenvalue weighted by molar-refractivity contribution is 5.84. The van der Waals surface area contributed by atoms with E-state index in [-0.39, 0.29) is 18.2 Å². The molecular formula is C8H13N3O4. The lowest BCUT2D eigenvalue weighted by atomic mass is 10.00. The van der Waals surface area contributed by atoms with Gasteiger partial charge in [0.2, 0.25) is 5.91 Å². The van der Waals surface area contributed by atoms with Crippen LogP contribution in [0.3, 0.4) is 0 Å². The van der Waals surface area contributed by atoms with Crippen molar-refractivity contribution in [1.82, 2.24) is 5.32 Å². The molecule has 84 valence electrons. The molecule has 0 saturated carbocycles. The molecular weight excluding hydrogens is 202 g/mol. The van der Waals surface area contributed by atoms with Gasteiger partial charge in [0.15, 0.2) is 6.10 Å². The smallest absolute Gasteiger partial charge is 0.405 e. The summed E-state index contributed by atoms with van der Waals surface area (Å²) in [6, 6.07) is 0. The van der Waals surface area contributed by atoms with E-state index in [0.717, 1.165) is 0 Å². The number of nitrogens with two attached hydrogens (primary N) is 2. The number of rotatable bonds is 4. The molecule has 7 nitrogen and oxygen atoms in total. The summed E-state index contributed by atoms with van der Waals surface area (Å²) in [6.07, 6.45) is -1.51. The molecule has 1 aliphatic rings. The fraction of sp³-hybridized carbons (Fsp3) is 0.625. The minimum Gasteiger partial charge on any atom is -0.436 e. The lowest BCUT2D eigenvalue weighted by molar-refractivity contribution is -0.128. The highest BCUT2D eigenvalue weighted by Gasteiger charge is 2.31. The van der Waals surface area contributed by atoms with E-state index in [1.807, 2.05) is 0 Å². The summed E-state index contributed by atoms with van der Waals surface area (Å²) in [4.78, 5) is 32.5. The van der Waals surface area contributed by atoms with Crippen molar-refractivity contribution < 1.29 is 19.1 Å². The summed E-state index contributed by atoms with van der Waals surface area (Å²) in [7, 11) is 0. The third kappa shape index (κ3) is 3.12. The van der Waals surface area contributed by atoms with E-state index in [4.69, 9.17) is 11.5 Å². The minimum absolute atomic E-state index is 0.0874. The lowest BCUT2D eigenvalue weighted by Gasteiger charge is -2.15. The standard InChI is InChI=1S/C8H13N3O4/c9-6(12)5(15-8(10)14)3-4-1-2-11-7(4)13/h4-5H,1-3H2,(H2,9,12)(H2,10,14)(H,11,13)/t4-,5-/m0/s1. The Morgan fingerprint density at radius 3 is 2.60 bits per heavy atom. The minimum atomic E-state index is -1.13. The number of carbonyl (C=O) groups excluding carboxylic acids is 3. The van der Waals surface area contributed by atoms with E-state index >= 15 is 0 Å². The molecule has 0 spiro atoms. The molecule has 1 heterocycles. The first-order valence-corrected chi connectivity index (χ1v) is 4.54. The predicted molar refractivity (Wildman–Crippen MR) is 49.4 cm³/mol. The van der Waals surface area contributed by atoms with E-state index in [0.29, 0.717) is 13.0 Å². The Morgan fingerprint density at radius 1 is 1.53 bits per heavy atom. The molecule has 0 aromatic heterocycles. The molecule has 15 heavy (non-hydrogen) atoms. The number of nitrogens with one attached hydrogen (secondary N) is 1. The Labute approximate surface area is 86.1 Å². The fourth-order valence-corrected chi connectivity index (χ4v) is 1.49. The monoisotopic (exact) mass is 215 g/mol. The van der Waals surface area contributed by atoms with E-state index in [9.17, 15) is 14.4 Å². The first-order chi connectivity index (χ1) is 7.00. The third-order valence-electron chi connectivity index (χ3n) is 2.24. The first-order valence-electron chi connectivity index (χ1n) is 4.54. The number of hydrogen-bond donors (Lipinski definition) is 3. The van der Waals surface area contributed by atoms with Crippen molar-refractivity contribution in [1.29, 1.82) is 0 Å². The molecule has 5 N–H and O–H groups in total. The average molecular weight is 215 g/mol. The van der Waals surface area contributed by atoms with E-state index in [2.05, 4.69) is 10.1 Å². The molecule has 3 amide bonds. The molecule has 1 fully saturated rings. The van der Waals surface area contributed by atoms with Crippen LogP contribution in [0.2, 0.25) is 0 Å². The Hall–Kier alpha value is -1.79. The van der Waals surface area contributed by atoms with Gasteiger partial charge in [0, 0.05) is 18.9 Å². The molecule has 0 aliphatic carbocycles. The van der Waals surface area contributed by atoms with Gasteiger partial charge in [-0.2, -0.15) is 0 Å². The number of hydrogen-bond acceptors (Lipinski definition) is 4. The second kappa shape index (κ2) is 4.63. The zero-order chi connectivity index (χ0) is 11.4. The molecule has 1 saturated heterocycles. The van der Waals surface area contributed by atoms with Crippen LogP contribution < -0.4 is 16.8 Å². The lowest BCUT2D eigenvalue weighted by Crippen LogP contribution is -2.37. The maximum atomic E-state index is 11.2. The summed E-state index contributed by atoms with van der Waals surface area (Å²) < 4.78 is 4.51. The van der Waals surface area contributed by atoms with Gasteiger partial charge < -0.3 is 21.5 Å². The van der Waals surface area contributed by atoms with Crippen LogP contribution in [0.15, 0.2) is 0 Å². The van der Waals surface area contributed by atoms with Crippen molar-refractivity contribution in [2.75, 3.05) is 6.54 Å². The Kier molecular flexibility index (Phi) is 3.48. The van der Waals surface area contributed by atoms with Gasteiger partial charge in [-0.25, -0.2) is 4.79 Å². The summed E-state index contributed by atoms with van der Waals surface area (Å²) in [5.74, 6) is -1.30. The second-order valence-corrected chi connectivity index (χ2v) is 3.34. The van der Waals surface area contributed by atoms with Crippen LogP contribution in [-0.4, -0.2) is 30.6 Å². The zero-order valence-electron chi connectivity index (χ0n) is 8.06. The van der Waals surface area contributed by atoms with E-state index < -0.39 is 18.1 Å². The van der Waals surface area contributed by atoms with Crippen LogP contribution in [0, 0.1) is 5.92 Å². The van der Waals surface area contributed by atoms with Crippen LogP contribution in [0.5, 0.6) is 0 Å². The Morgan fingerprint density at radius 2 is 2.20 bits per heavy atom. The molecule has 0 aromatic rings. The van der Waals surface area contributed by atoms with Gasteiger partial charge in [-0.05, 0) is 6.42 Å². The van der Waals surface area contributed by atoms with Crippen LogP contribution in [0.1, 0.15) is 12.8 Å². The van der Waals surface area contributed by atoms with Crippen molar-refractivity contribution in [3.63, 3.8) is 0 Å². The number of amides is 3. The van der Waals surface area contributed by atoms with Gasteiger partial charge in [0.1, 0.15) is 0 Å². The highest BCUT2D eigenvalue weighted by atomic mass is 16.6. The SMILES string of the molecule is NC(=O)O[C@@H](C[C@@H]1CCNC1=O)C(N)=O. The predicted octanol–water partition coefficient (Wildman–Crippen LogP) is -1.54. The zero-order valence-corrected chi connectivity index (χ0v) is 8.06. The quantitative estimate of drug-likeness (QED) is 0.525. The van der Waals surface area contributed by atoms with Crippen LogP contribution in [0.4, 0.5) is 4.79 Å². The van der Waals surface area contributed by atoms with Crippen molar-refractivity contribution in [3.8, 4) is 0 Å². The van der Waals surface area contributed by atoms with Crippen LogP contribution in [-0.2, 0) is 14.3 Å². The maximum Gasteiger partial charge on any atom is 0.405 e. The van der Waals surface area contributed by atoms with Crippen molar-refractivity contribution in [2.45, 2.75) is 18.9 Å².